The minimum absolute atomic E-state index is 0.231. The molecule has 6 nitrogen and oxygen atoms in total. The zero-order valence-electron chi connectivity index (χ0n) is 14.5. The lowest BCUT2D eigenvalue weighted by Crippen LogP contribution is -2.64. The highest BCUT2D eigenvalue weighted by Crippen LogP contribution is 2.26. The highest BCUT2D eigenvalue weighted by molar-refractivity contribution is 4.94. The van der Waals surface area contributed by atoms with Crippen molar-refractivity contribution in [1.29, 1.82) is 0 Å². The monoisotopic (exact) mass is 319 g/mol. The Balaban J connectivity index is 2.80. The molecule has 132 valence electrons. The van der Waals surface area contributed by atoms with E-state index < -0.39 is 6.29 Å². The number of rotatable bonds is 11. The van der Waals surface area contributed by atoms with Crippen LogP contribution in [0.25, 0.3) is 0 Å². The van der Waals surface area contributed by atoms with Crippen LogP contribution in [0.3, 0.4) is 0 Å². The molecule has 0 bridgehead atoms. The third kappa shape index (κ3) is 5.76. The second-order valence-corrected chi connectivity index (χ2v) is 5.41. The number of hydrogen-bond donors (Lipinski definition) is 1. The summed E-state index contributed by atoms with van der Waals surface area (Å²) in [5.74, 6) is 0. The second kappa shape index (κ2) is 11.3. The second-order valence-electron chi connectivity index (χ2n) is 5.41. The van der Waals surface area contributed by atoms with Gasteiger partial charge in [0.05, 0.1) is 12.6 Å². The van der Waals surface area contributed by atoms with Crippen molar-refractivity contribution in [3.05, 3.63) is 0 Å². The first kappa shape index (κ1) is 19.8. The van der Waals surface area contributed by atoms with E-state index >= 15 is 0 Å². The molecule has 0 radical (unpaired) electrons. The molecule has 0 aromatic carbocycles. The van der Waals surface area contributed by atoms with Crippen molar-refractivity contribution in [2.45, 2.75) is 71.2 Å². The van der Waals surface area contributed by atoms with E-state index in [0.717, 1.165) is 12.8 Å². The van der Waals surface area contributed by atoms with Gasteiger partial charge in [0.2, 0.25) is 0 Å². The third-order valence-electron chi connectivity index (χ3n) is 3.53. The van der Waals surface area contributed by atoms with Crippen LogP contribution in [0.1, 0.15) is 40.5 Å². The van der Waals surface area contributed by atoms with Crippen LogP contribution >= 0.6 is 0 Å². The van der Waals surface area contributed by atoms with Gasteiger partial charge in [0, 0.05) is 26.4 Å². The summed E-state index contributed by atoms with van der Waals surface area (Å²) in [6.45, 7) is 11.0. The average molecular weight is 319 g/mol. The van der Waals surface area contributed by atoms with E-state index in [1.165, 1.54) is 0 Å². The lowest BCUT2D eigenvalue weighted by atomic mass is 9.97. The Kier molecular flexibility index (Phi) is 10.2. The predicted octanol–water partition coefficient (Wildman–Crippen LogP) is 1.70. The van der Waals surface area contributed by atoms with Crippen LogP contribution in [-0.4, -0.2) is 63.7 Å². The van der Waals surface area contributed by atoms with Gasteiger partial charge in [-0.05, 0) is 26.7 Å². The Morgan fingerprint density at radius 2 is 1.55 bits per heavy atom. The van der Waals surface area contributed by atoms with Crippen LogP contribution in [-0.2, 0) is 23.7 Å². The van der Waals surface area contributed by atoms with E-state index in [-0.39, 0.29) is 24.4 Å². The molecule has 22 heavy (non-hydrogen) atoms. The van der Waals surface area contributed by atoms with E-state index in [9.17, 15) is 0 Å². The Bertz CT molecular complexity index is 279. The van der Waals surface area contributed by atoms with Gasteiger partial charge in [0.15, 0.2) is 6.29 Å². The normalized spacial score (nSPS) is 32.3. The van der Waals surface area contributed by atoms with Crippen molar-refractivity contribution in [1.82, 2.24) is 0 Å². The van der Waals surface area contributed by atoms with E-state index in [1.807, 2.05) is 13.8 Å². The first-order valence-electron chi connectivity index (χ1n) is 8.53. The Hall–Kier alpha value is -0.240. The van der Waals surface area contributed by atoms with Crippen LogP contribution in [0.5, 0.6) is 0 Å². The average Bonchev–Trinajstić information content (AvgIpc) is 2.51. The fourth-order valence-electron chi connectivity index (χ4n) is 2.57. The fraction of sp³-hybridized carbons (Fsp3) is 1.00. The van der Waals surface area contributed by atoms with Crippen molar-refractivity contribution in [2.24, 2.45) is 5.73 Å². The van der Waals surface area contributed by atoms with Gasteiger partial charge < -0.3 is 29.4 Å². The number of ether oxygens (including phenoxy) is 5. The summed E-state index contributed by atoms with van der Waals surface area (Å²) in [6, 6.07) is -0.371. The largest absolute Gasteiger partial charge is 0.379 e. The molecule has 0 spiro atoms. The molecule has 0 aliphatic carbocycles. The van der Waals surface area contributed by atoms with Gasteiger partial charge >= 0.3 is 0 Å². The van der Waals surface area contributed by atoms with Crippen molar-refractivity contribution in [3.8, 4) is 0 Å². The maximum Gasteiger partial charge on any atom is 0.175 e. The summed E-state index contributed by atoms with van der Waals surface area (Å²) in [7, 11) is 0. The van der Waals surface area contributed by atoms with Crippen LogP contribution in [0, 0.1) is 0 Å². The van der Waals surface area contributed by atoms with Crippen molar-refractivity contribution < 1.29 is 23.7 Å². The Morgan fingerprint density at radius 1 is 0.864 bits per heavy atom. The van der Waals surface area contributed by atoms with E-state index in [1.54, 1.807) is 0 Å². The first-order chi connectivity index (χ1) is 10.7. The zero-order valence-corrected chi connectivity index (χ0v) is 14.5. The van der Waals surface area contributed by atoms with E-state index in [0.29, 0.717) is 33.0 Å². The van der Waals surface area contributed by atoms with E-state index in [2.05, 4.69) is 13.8 Å². The summed E-state index contributed by atoms with van der Waals surface area (Å²) in [5.41, 5.74) is 6.28. The van der Waals surface area contributed by atoms with Crippen molar-refractivity contribution in [2.75, 3.05) is 33.0 Å². The molecular weight excluding hydrogens is 286 g/mol. The standard InChI is InChI=1S/C16H33NO5/c1-5-9-18-11-12-14(21-10-6-2)15(19-7-3)13(17)16(22-12)20-8-4/h12-16H,5-11,17H2,1-4H3/t12-,13-,14-,15-,16?/m1/s1. The molecule has 0 amide bonds. The van der Waals surface area contributed by atoms with Crippen LogP contribution < -0.4 is 5.73 Å². The Labute approximate surface area is 134 Å². The van der Waals surface area contributed by atoms with Gasteiger partial charge in [-0.25, -0.2) is 0 Å². The van der Waals surface area contributed by atoms with Crippen LogP contribution in [0.4, 0.5) is 0 Å². The minimum atomic E-state index is -0.488. The highest BCUT2D eigenvalue weighted by atomic mass is 16.7. The van der Waals surface area contributed by atoms with Gasteiger partial charge in [-0.15, -0.1) is 0 Å². The van der Waals surface area contributed by atoms with Gasteiger partial charge in [-0.2, -0.15) is 0 Å². The summed E-state index contributed by atoms with van der Waals surface area (Å²) in [6.07, 6.45) is 0.697. The zero-order chi connectivity index (χ0) is 16.4. The SMILES string of the molecule is CCCOC[C@H]1OC(OCC)[C@H](N)[C@@H](OCC)[C@@H]1OCCC. The van der Waals surface area contributed by atoms with Gasteiger partial charge in [-0.3, -0.25) is 0 Å². The summed E-state index contributed by atoms with van der Waals surface area (Å²) in [4.78, 5) is 0. The molecule has 1 rings (SSSR count). The maximum atomic E-state index is 6.28. The Morgan fingerprint density at radius 3 is 2.14 bits per heavy atom. The van der Waals surface area contributed by atoms with Gasteiger partial charge in [0.25, 0.3) is 0 Å². The van der Waals surface area contributed by atoms with Gasteiger partial charge in [0.1, 0.15) is 18.3 Å². The van der Waals surface area contributed by atoms with E-state index in [4.69, 9.17) is 29.4 Å². The number of nitrogens with two attached hydrogens (primary N) is 1. The van der Waals surface area contributed by atoms with Crippen LogP contribution in [0.2, 0.25) is 0 Å². The minimum Gasteiger partial charge on any atom is -0.379 e. The van der Waals surface area contributed by atoms with Crippen molar-refractivity contribution in [3.63, 3.8) is 0 Å². The number of hydrogen-bond acceptors (Lipinski definition) is 6. The molecule has 1 saturated heterocycles. The first-order valence-corrected chi connectivity index (χ1v) is 8.53. The molecular formula is C16H33NO5. The molecule has 5 atom stereocenters. The molecule has 0 saturated carbocycles. The predicted molar refractivity (Wildman–Crippen MR) is 84.8 cm³/mol. The fourth-order valence-corrected chi connectivity index (χ4v) is 2.57. The van der Waals surface area contributed by atoms with Gasteiger partial charge in [-0.1, -0.05) is 13.8 Å². The molecule has 1 heterocycles. The topological polar surface area (TPSA) is 72.2 Å². The molecule has 1 unspecified atom stereocenters. The maximum absolute atomic E-state index is 6.28. The molecule has 1 aliphatic heterocycles. The molecule has 1 fully saturated rings. The summed E-state index contributed by atoms with van der Waals surface area (Å²) < 4.78 is 29.1. The molecule has 0 aromatic rings. The molecule has 2 N–H and O–H groups in total. The summed E-state index contributed by atoms with van der Waals surface area (Å²) >= 11 is 0. The summed E-state index contributed by atoms with van der Waals surface area (Å²) in [5, 5.41) is 0. The smallest absolute Gasteiger partial charge is 0.175 e. The molecule has 0 aromatic heterocycles. The quantitative estimate of drug-likeness (QED) is 0.585. The third-order valence-corrected chi connectivity index (χ3v) is 3.53. The lowest BCUT2D eigenvalue weighted by Gasteiger charge is -2.44. The van der Waals surface area contributed by atoms with Crippen LogP contribution in [0.15, 0.2) is 0 Å². The lowest BCUT2D eigenvalue weighted by molar-refractivity contribution is -0.281. The molecule has 1 aliphatic rings. The highest BCUT2D eigenvalue weighted by Gasteiger charge is 2.46. The molecule has 6 heteroatoms. The van der Waals surface area contributed by atoms with Crippen molar-refractivity contribution >= 4 is 0 Å².